The van der Waals surface area contributed by atoms with Crippen LogP contribution < -0.4 is 10.2 Å². The summed E-state index contributed by atoms with van der Waals surface area (Å²) in [6.07, 6.45) is 4.47. The van der Waals surface area contributed by atoms with Gasteiger partial charge < -0.3 is 24.3 Å². The van der Waals surface area contributed by atoms with Crippen molar-refractivity contribution in [2.45, 2.75) is 116 Å². The van der Waals surface area contributed by atoms with Crippen LogP contribution in [0.25, 0.3) is 0 Å². The van der Waals surface area contributed by atoms with E-state index < -0.39 is 13.9 Å². The van der Waals surface area contributed by atoms with Crippen molar-refractivity contribution in [2.24, 2.45) is 0 Å². The number of carbonyl (C=O) groups excluding carboxylic acids is 1. The van der Waals surface area contributed by atoms with Gasteiger partial charge in [0, 0.05) is 44.4 Å². The van der Waals surface area contributed by atoms with Crippen LogP contribution in [-0.4, -0.2) is 73.4 Å². The third kappa shape index (κ3) is 7.25. The fourth-order valence-corrected chi connectivity index (χ4v) is 6.05. The van der Waals surface area contributed by atoms with Gasteiger partial charge >= 0.3 is 6.09 Å². The maximum atomic E-state index is 12.8. The second kappa shape index (κ2) is 11.0. The van der Waals surface area contributed by atoms with E-state index in [1.807, 2.05) is 31.7 Å². The molecule has 8 nitrogen and oxygen atoms in total. The molecule has 2 aliphatic heterocycles. The molecule has 10 heteroatoms. The summed E-state index contributed by atoms with van der Waals surface area (Å²) in [5.41, 5.74) is 0.448. The van der Waals surface area contributed by atoms with Gasteiger partial charge in [0.15, 0.2) is 19.3 Å². The number of ether oxygens (including phenoxy) is 1. The molecule has 1 unspecified atom stereocenters. The Morgan fingerprint density at radius 3 is 2.33 bits per heavy atom. The fourth-order valence-electron chi connectivity index (χ4n) is 4.82. The zero-order valence-electron chi connectivity index (χ0n) is 23.7. The Hall–Kier alpha value is -1.58. The number of amides is 1. The SMILES string of the molecule is CN(CCCO[Si](C)(C)C(C)(C)C)c1cc(Cl)nnc1NC1C[C@H]2CC[C@@H](C1)N2C(=O)OC(C)(C)C. The Kier molecular flexibility index (Phi) is 8.88. The first-order valence-electron chi connectivity index (χ1n) is 13.2. The lowest BCUT2D eigenvalue weighted by molar-refractivity contribution is 0.00682. The van der Waals surface area contributed by atoms with Crippen molar-refractivity contribution in [2.75, 3.05) is 30.4 Å². The van der Waals surface area contributed by atoms with Crippen LogP contribution in [-0.2, 0) is 9.16 Å². The van der Waals surface area contributed by atoms with Gasteiger partial charge in [-0.3, -0.25) is 0 Å². The topological polar surface area (TPSA) is 79.8 Å². The Balaban J connectivity index is 1.60. The molecule has 3 atom stereocenters. The van der Waals surface area contributed by atoms with Crippen molar-refractivity contribution < 1.29 is 14.0 Å². The van der Waals surface area contributed by atoms with Crippen LogP contribution >= 0.6 is 11.6 Å². The van der Waals surface area contributed by atoms with Crippen molar-refractivity contribution in [3.63, 3.8) is 0 Å². The highest BCUT2D eigenvalue weighted by Gasteiger charge is 2.45. The van der Waals surface area contributed by atoms with E-state index in [-0.39, 0.29) is 29.3 Å². The van der Waals surface area contributed by atoms with Gasteiger partial charge in [-0.2, -0.15) is 0 Å². The summed E-state index contributed by atoms with van der Waals surface area (Å²) in [6.45, 7) is 18.7. The van der Waals surface area contributed by atoms with Crippen molar-refractivity contribution in [1.29, 1.82) is 0 Å². The number of piperidine rings is 1. The Morgan fingerprint density at radius 2 is 1.78 bits per heavy atom. The molecule has 0 radical (unpaired) electrons. The van der Waals surface area contributed by atoms with E-state index in [0.29, 0.717) is 5.15 Å². The van der Waals surface area contributed by atoms with Crippen LogP contribution in [0.2, 0.25) is 23.3 Å². The molecule has 0 aromatic carbocycles. The summed E-state index contributed by atoms with van der Waals surface area (Å²) < 4.78 is 12.0. The quantitative estimate of drug-likeness (QED) is 0.306. The summed E-state index contributed by atoms with van der Waals surface area (Å²) in [4.78, 5) is 16.9. The number of rotatable bonds is 8. The van der Waals surface area contributed by atoms with Crippen LogP contribution in [0.3, 0.4) is 0 Å². The summed E-state index contributed by atoms with van der Waals surface area (Å²) in [5.74, 6) is 0.738. The van der Waals surface area contributed by atoms with E-state index in [1.54, 1.807) is 0 Å². The molecule has 3 rings (SSSR count). The van der Waals surface area contributed by atoms with Crippen molar-refractivity contribution in [3.05, 3.63) is 11.2 Å². The van der Waals surface area contributed by atoms with Gasteiger partial charge in [-0.05, 0) is 71.0 Å². The number of hydrogen-bond acceptors (Lipinski definition) is 7. The van der Waals surface area contributed by atoms with E-state index >= 15 is 0 Å². The van der Waals surface area contributed by atoms with Crippen LogP contribution in [0.15, 0.2) is 6.07 Å². The first kappa shape index (κ1) is 29.0. The minimum Gasteiger partial charge on any atom is -0.444 e. The van der Waals surface area contributed by atoms with E-state index in [9.17, 15) is 4.79 Å². The molecule has 3 heterocycles. The number of nitrogens with one attached hydrogen (secondary N) is 1. The number of fused-ring (bicyclic) bond motifs is 2. The fraction of sp³-hybridized carbons (Fsp3) is 0.808. The van der Waals surface area contributed by atoms with Crippen LogP contribution in [0, 0.1) is 0 Å². The zero-order valence-corrected chi connectivity index (χ0v) is 25.4. The molecule has 1 aromatic rings. The summed E-state index contributed by atoms with van der Waals surface area (Å²) >= 11 is 6.23. The largest absolute Gasteiger partial charge is 0.444 e. The summed E-state index contributed by atoms with van der Waals surface area (Å²) in [5, 5.41) is 12.7. The first-order chi connectivity index (χ1) is 16.6. The average molecular weight is 540 g/mol. The predicted molar refractivity (Wildman–Crippen MR) is 150 cm³/mol. The third-order valence-electron chi connectivity index (χ3n) is 7.74. The molecular formula is C26H46ClN5O3Si. The molecule has 1 amide bonds. The van der Waals surface area contributed by atoms with Crippen LogP contribution in [0.5, 0.6) is 0 Å². The normalized spacial score (nSPS) is 22.5. The molecule has 36 heavy (non-hydrogen) atoms. The lowest BCUT2D eigenvalue weighted by Gasteiger charge is -2.40. The number of halogens is 1. The minimum absolute atomic E-state index is 0.185. The molecule has 1 aromatic heterocycles. The van der Waals surface area contributed by atoms with Gasteiger partial charge in [0.25, 0.3) is 0 Å². The second-order valence-corrected chi connectivity index (χ2v) is 18.1. The smallest absolute Gasteiger partial charge is 0.410 e. The highest BCUT2D eigenvalue weighted by atomic mass is 35.5. The highest BCUT2D eigenvalue weighted by molar-refractivity contribution is 6.74. The Labute approximate surface area is 223 Å². The average Bonchev–Trinajstić information content (AvgIpc) is 3.01. The maximum Gasteiger partial charge on any atom is 0.410 e. The molecule has 0 aliphatic carbocycles. The highest BCUT2D eigenvalue weighted by Crippen LogP contribution is 2.39. The lowest BCUT2D eigenvalue weighted by atomic mass is 9.97. The molecule has 2 fully saturated rings. The predicted octanol–water partition coefficient (Wildman–Crippen LogP) is 6.32. The zero-order chi connectivity index (χ0) is 26.9. The van der Waals surface area contributed by atoms with Crippen molar-refractivity contribution in [3.8, 4) is 0 Å². The second-order valence-electron chi connectivity index (χ2n) is 12.9. The van der Waals surface area contributed by atoms with Crippen LogP contribution in [0.4, 0.5) is 16.3 Å². The molecule has 2 saturated heterocycles. The van der Waals surface area contributed by atoms with Crippen LogP contribution in [0.1, 0.15) is 73.6 Å². The summed E-state index contributed by atoms with van der Waals surface area (Å²) in [7, 11) is 0.304. The van der Waals surface area contributed by atoms with E-state index in [2.05, 4.69) is 61.3 Å². The number of hydrogen-bond donors (Lipinski definition) is 1. The van der Waals surface area contributed by atoms with Gasteiger partial charge in [0.1, 0.15) is 5.60 Å². The number of anilines is 2. The molecule has 2 bridgehead atoms. The lowest BCUT2D eigenvalue weighted by Crippen LogP contribution is -2.51. The maximum absolute atomic E-state index is 12.8. The van der Waals surface area contributed by atoms with E-state index in [4.69, 9.17) is 20.8 Å². The van der Waals surface area contributed by atoms with Crippen molar-refractivity contribution >= 4 is 37.5 Å². The van der Waals surface area contributed by atoms with E-state index in [1.165, 1.54) is 0 Å². The standard InChI is InChI=1S/C26H46ClN5O3Si/c1-25(2,3)35-24(33)32-19-11-12-20(32)16-18(15-19)28-23-21(17-22(27)29-30-23)31(7)13-10-14-34-36(8,9)26(4,5)6/h17-20H,10-16H2,1-9H3,(H,28,30)/t18?,19-,20+. The molecular weight excluding hydrogens is 494 g/mol. The Morgan fingerprint density at radius 1 is 1.17 bits per heavy atom. The molecule has 1 N–H and O–H groups in total. The van der Waals surface area contributed by atoms with E-state index in [0.717, 1.165) is 56.8 Å². The summed E-state index contributed by atoms with van der Waals surface area (Å²) in [6, 6.07) is 2.46. The van der Waals surface area contributed by atoms with Gasteiger partial charge in [-0.25, -0.2) is 4.79 Å². The monoisotopic (exact) mass is 539 g/mol. The van der Waals surface area contributed by atoms with Gasteiger partial charge in [0.05, 0.1) is 5.69 Å². The number of nitrogens with zero attached hydrogens (tertiary/aromatic N) is 4. The third-order valence-corrected chi connectivity index (χ3v) is 12.5. The molecule has 2 aliphatic rings. The van der Waals surface area contributed by atoms with Gasteiger partial charge in [0.2, 0.25) is 0 Å². The van der Waals surface area contributed by atoms with Gasteiger partial charge in [-0.15, -0.1) is 10.2 Å². The van der Waals surface area contributed by atoms with Crippen molar-refractivity contribution in [1.82, 2.24) is 15.1 Å². The number of carbonyl (C=O) groups is 1. The molecule has 204 valence electrons. The minimum atomic E-state index is -1.75. The number of aromatic nitrogens is 2. The van der Waals surface area contributed by atoms with Gasteiger partial charge in [-0.1, -0.05) is 32.4 Å². The first-order valence-corrected chi connectivity index (χ1v) is 16.5. The molecule has 0 spiro atoms. The Bertz CT molecular complexity index is 904. The molecule has 0 saturated carbocycles.